The van der Waals surface area contributed by atoms with Gasteiger partial charge in [0.2, 0.25) is 0 Å². The van der Waals surface area contributed by atoms with E-state index in [0.717, 1.165) is 11.1 Å². The first-order valence-corrected chi connectivity index (χ1v) is 10.1. The van der Waals surface area contributed by atoms with Gasteiger partial charge in [-0.15, -0.1) is 0 Å². The molecule has 0 saturated heterocycles. The molecular weight excluding hydrogens is 416 g/mol. The summed E-state index contributed by atoms with van der Waals surface area (Å²) in [6.45, 7) is 0.794. The molecule has 1 aliphatic heterocycles. The number of amides is 2. The molecule has 0 radical (unpaired) electrons. The summed E-state index contributed by atoms with van der Waals surface area (Å²) >= 11 is 5.95. The number of ether oxygens (including phenoxy) is 2. The molecule has 1 heterocycles. The Balaban J connectivity index is 1.50. The van der Waals surface area contributed by atoms with Crippen LogP contribution in [0.15, 0.2) is 66.7 Å². The van der Waals surface area contributed by atoms with Crippen LogP contribution >= 0.6 is 11.6 Å². The first-order chi connectivity index (χ1) is 15.0. The number of nitrogens with zero attached hydrogens (tertiary/aromatic N) is 1. The van der Waals surface area contributed by atoms with Gasteiger partial charge in [-0.3, -0.25) is 9.59 Å². The number of hydrogen-bond donors (Lipinski definition) is 1. The Hall–Kier alpha value is -3.51. The van der Waals surface area contributed by atoms with Crippen molar-refractivity contribution in [3.8, 4) is 11.5 Å². The maximum atomic E-state index is 12.6. The highest BCUT2D eigenvalue weighted by Gasteiger charge is 2.22. The zero-order chi connectivity index (χ0) is 21.8. The van der Waals surface area contributed by atoms with Gasteiger partial charge < -0.3 is 19.7 Å². The highest BCUT2D eigenvalue weighted by atomic mass is 35.5. The van der Waals surface area contributed by atoms with E-state index in [9.17, 15) is 9.59 Å². The molecule has 0 aliphatic carbocycles. The summed E-state index contributed by atoms with van der Waals surface area (Å²) in [5, 5.41) is 3.54. The van der Waals surface area contributed by atoms with Crippen LogP contribution in [0, 0.1) is 0 Å². The maximum absolute atomic E-state index is 12.6. The van der Waals surface area contributed by atoms with Crippen molar-refractivity contribution in [1.29, 1.82) is 0 Å². The molecule has 158 valence electrons. The van der Waals surface area contributed by atoms with Gasteiger partial charge in [-0.2, -0.15) is 0 Å². The summed E-state index contributed by atoms with van der Waals surface area (Å²) in [5.41, 5.74) is 2.95. The number of hydrogen-bond acceptors (Lipinski definition) is 4. The fourth-order valence-electron chi connectivity index (χ4n) is 3.35. The molecule has 7 heteroatoms. The molecule has 6 nitrogen and oxygen atoms in total. The van der Waals surface area contributed by atoms with E-state index < -0.39 is 0 Å². The van der Waals surface area contributed by atoms with Crippen molar-refractivity contribution >= 4 is 29.1 Å². The molecule has 0 bridgehead atoms. The summed E-state index contributed by atoms with van der Waals surface area (Å²) in [4.78, 5) is 26.9. The molecule has 0 aromatic heterocycles. The van der Waals surface area contributed by atoms with Gasteiger partial charge in [0.05, 0.1) is 7.11 Å². The second-order valence-electron chi connectivity index (χ2n) is 7.17. The van der Waals surface area contributed by atoms with Gasteiger partial charge in [0.15, 0.2) is 6.61 Å². The fourth-order valence-corrected chi connectivity index (χ4v) is 3.47. The van der Waals surface area contributed by atoms with E-state index >= 15 is 0 Å². The van der Waals surface area contributed by atoms with Crippen LogP contribution in [-0.4, -0.2) is 30.4 Å². The molecule has 4 rings (SSSR count). The number of carbonyl (C=O) groups excluding carboxylic acids is 2. The van der Waals surface area contributed by atoms with Crippen LogP contribution in [0.3, 0.4) is 0 Å². The Kier molecular flexibility index (Phi) is 6.09. The minimum absolute atomic E-state index is 0.0296. The summed E-state index contributed by atoms with van der Waals surface area (Å²) in [6.07, 6.45) is 0. The lowest BCUT2D eigenvalue weighted by molar-refractivity contribution is -0.133. The molecule has 0 saturated carbocycles. The monoisotopic (exact) mass is 436 g/mol. The normalized spacial score (nSPS) is 13.1. The van der Waals surface area contributed by atoms with Crippen LogP contribution in [0.4, 0.5) is 5.69 Å². The maximum Gasteiger partial charge on any atom is 0.261 e. The van der Waals surface area contributed by atoms with Crippen molar-refractivity contribution < 1.29 is 19.1 Å². The van der Waals surface area contributed by atoms with Crippen molar-refractivity contribution in [2.75, 3.05) is 19.0 Å². The standard InChI is InChI=1S/C24H21ClN2O4/c1-30-21-9-4-17(5-10-21)24(29)26-20-8-11-22-18(12-20)14-27(23(28)15-31-22)13-16-2-6-19(25)7-3-16/h2-12H,13-15H2,1H3,(H,26,29). The van der Waals surface area contributed by atoms with Gasteiger partial charge in [0.25, 0.3) is 11.8 Å². The zero-order valence-electron chi connectivity index (χ0n) is 16.9. The van der Waals surface area contributed by atoms with Crippen LogP contribution < -0.4 is 14.8 Å². The second kappa shape index (κ2) is 9.10. The number of anilines is 1. The third-order valence-electron chi connectivity index (χ3n) is 5.02. The van der Waals surface area contributed by atoms with E-state index in [1.54, 1.807) is 60.5 Å². The molecule has 3 aromatic carbocycles. The minimum Gasteiger partial charge on any atom is -0.497 e. The molecule has 2 amide bonds. The number of fused-ring (bicyclic) bond motifs is 1. The van der Waals surface area contributed by atoms with Crippen molar-refractivity contribution in [3.63, 3.8) is 0 Å². The average molecular weight is 437 g/mol. The van der Waals surface area contributed by atoms with Gasteiger partial charge in [-0.1, -0.05) is 23.7 Å². The number of carbonyl (C=O) groups is 2. The Morgan fingerprint density at radius 3 is 2.55 bits per heavy atom. The quantitative estimate of drug-likeness (QED) is 0.638. The van der Waals surface area contributed by atoms with E-state index in [0.29, 0.717) is 40.9 Å². The number of halogens is 1. The predicted octanol–water partition coefficient (Wildman–Crippen LogP) is 4.52. The van der Waals surface area contributed by atoms with Crippen LogP contribution in [0.5, 0.6) is 11.5 Å². The second-order valence-corrected chi connectivity index (χ2v) is 7.61. The highest BCUT2D eigenvalue weighted by molar-refractivity contribution is 6.30. The number of benzene rings is 3. The summed E-state index contributed by atoms with van der Waals surface area (Å²) in [5.74, 6) is 0.986. The highest BCUT2D eigenvalue weighted by Crippen LogP contribution is 2.28. The number of nitrogens with one attached hydrogen (secondary N) is 1. The topological polar surface area (TPSA) is 67.9 Å². The van der Waals surface area contributed by atoms with Gasteiger partial charge in [-0.05, 0) is 60.2 Å². The summed E-state index contributed by atoms with van der Waals surface area (Å²) in [7, 11) is 1.58. The number of rotatable bonds is 5. The summed E-state index contributed by atoms with van der Waals surface area (Å²) < 4.78 is 10.8. The van der Waals surface area contributed by atoms with Gasteiger partial charge in [0, 0.05) is 34.9 Å². The van der Waals surface area contributed by atoms with Gasteiger partial charge in [0.1, 0.15) is 11.5 Å². The van der Waals surface area contributed by atoms with Crippen molar-refractivity contribution in [2.24, 2.45) is 0 Å². The first-order valence-electron chi connectivity index (χ1n) is 9.75. The number of methoxy groups -OCH3 is 1. The molecule has 1 aliphatic rings. The largest absolute Gasteiger partial charge is 0.497 e. The molecule has 3 aromatic rings. The van der Waals surface area contributed by atoms with Crippen LogP contribution in [0.2, 0.25) is 5.02 Å². The molecule has 0 fully saturated rings. The van der Waals surface area contributed by atoms with Crippen LogP contribution in [0.1, 0.15) is 21.5 Å². The molecule has 0 atom stereocenters. The Morgan fingerprint density at radius 2 is 1.84 bits per heavy atom. The molecule has 0 unspecified atom stereocenters. The van der Waals surface area contributed by atoms with Crippen molar-refractivity contribution in [2.45, 2.75) is 13.1 Å². The Labute approximate surface area is 185 Å². The van der Waals surface area contributed by atoms with E-state index in [4.69, 9.17) is 21.1 Å². The van der Waals surface area contributed by atoms with Gasteiger partial charge in [-0.25, -0.2) is 0 Å². The molecule has 1 N–H and O–H groups in total. The fraction of sp³-hybridized carbons (Fsp3) is 0.167. The van der Waals surface area contributed by atoms with Gasteiger partial charge >= 0.3 is 0 Å². The van der Waals surface area contributed by atoms with E-state index in [-0.39, 0.29) is 18.4 Å². The third kappa shape index (κ3) is 4.98. The van der Waals surface area contributed by atoms with E-state index in [1.807, 2.05) is 18.2 Å². The minimum atomic E-state index is -0.230. The predicted molar refractivity (Wildman–Crippen MR) is 119 cm³/mol. The lowest BCUT2D eigenvalue weighted by Crippen LogP contribution is -2.31. The van der Waals surface area contributed by atoms with Crippen LogP contribution in [0.25, 0.3) is 0 Å². The lowest BCUT2D eigenvalue weighted by Gasteiger charge is -2.20. The Bertz CT molecular complexity index is 1100. The Morgan fingerprint density at radius 1 is 1.10 bits per heavy atom. The SMILES string of the molecule is COc1ccc(C(=O)Nc2ccc3c(c2)CN(Cc2ccc(Cl)cc2)C(=O)CO3)cc1. The van der Waals surface area contributed by atoms with Crippen molar-refractivity contribution in [1.82, 2.24) is 4.90 Å². The lowest BCUT2D eigenvalue weighted by atomic mass is 10.1. The molecule has 0 spiro atoms. The van der Waals surface area contributed by atoms with E-state index in [2.05, 4.69) is 5.32 Å². The smallest absolute Gasteiger partial charge is 0.261 e. The molecule has 31 heavy (non-hydrogen) atoms. The zero-order valence-corrected chi connectivity index (χ0v) is 17.7. The first kappa shape index (κ1) is 20.8. The average Bonchev–Trinajstić information content (AvgIpc) is 2.94. The molecular formula is C24H21ClN2O4. The third-order valence-corrected chi connectivity index (χ3v) is 5.27. The van der Waals surface area contributed by atoms with Crippen molar-refractivity contribution in [3.05, 3.63) is 88.4 Å². The summed E-state index contributed by atoms with van der Waals surface area (Å²) in [6, 6.07) is 19.6. The van der Waals surface area contributed by atoms with Crippen LogP contribution in [-0.2, 0) is 17.9 Å². The van der Waals surface area contributed by atoms with E-state index in [1.165, 1.54) is 0 Å².